The zero-order valence-corrected chi connectivity index (χ0v) is 15.8. The van der Waals surface area contributed by atoms with Crippen LogP contribution in [0.1, 0.15) is 40.4 Å². The van der Waals surface area contributed by atoms with Gasteiger partial charge in [0.25, 0.3) is 0 Å². The minimum absolute atomic E-state index is 0.407. The first-order valence-electron chi connectivity index (χ1n) is 9.67. The minimum atomic E-state index is -0.420. The van der Waals surface area contributed by atoms with Crippen molar-refractivity contribution in [1.29, 1.82) is 0 Å². The molecule has 1 aliphatic heterocycles. The number of rotatable bonds is 5. The van der Waals surface area contributed by atoms with Gasteiger partial charge in [-0.15, -0.1) is 0 Å². The van der Waals surface area contributed by atoms with E-state index in [0.29, 0.717) is 11.5 Å². The van der Waals surface area contributed by atoms with Crippen molar-refractivity contribution in [2.75, 3.05) is 13.1 Å². The number of aromatic nitrogens is 2. The summed E-state index contributed by atoms with van der Waals surface area (Å²) in [7, 11) is 0. The molecule has 3 aromatic rings. The van der Waals surface area contributed by atoms with E-state index in [-0.39, 0.29) is 0 Å². The van der Waals surface area contributed by atoms with E-state index in [4.69, 9.17) is 10.7 Å². The van der Waals surface area contributed by atoms with Crippen LogP contribution in [0.5, 0.6) is 0 Å². The molecule has 0 aliphatic carbocycles. The number of likely N-dealkylation sites (tertiary alicyclic amines) is 1. The van der Waals surface area contributed by atoms with Crippen LogP contribution in [0.4, 0.5) is 0 Å². The highest BCUT2D eigenvalue weighted by atomic mass is 16.1. The maximum absolute atomic E-state index is 11.5. The number of carbonyl (C=O) groups is 1. The number of pyridine rings is 2. The predicted molar refractivity (Wildman–Crippen MR) is 110 cm³/mol. The minimum Gasteiger partial charge on any atom is -0.366 e. The lowest BCUT2D eigenvalue weighted by Crippen LogP contribution is -2.34. The van der Waals surface area contributed by atoms with Crippen molar-refractivity contribution in [3.05, 3.63) is 83.8 Å². The monoisotopic (exact) mass is 372 g/mol. The maximum Gasteiger partial charge on any atom is 0.248 e. The molecule has 1 atom stereocenters. The van der Waals surface area contributed by atoms with Gasteiger partial charge in [0, 0.05) is 48.2 Å². The molecule has 1 aromatic carbocycles. The molecule has 0 spiro atoms. The number of carbonyl (C=O) groups excluding carboxylic acids is 1. The second-order valence-corrected chi connectivity index (χ2v) is 7.33. The Hall–Kier alpha value is -3.05. The second kappa shape index (κ2) is 8.31. The Morgan fingerprint density at radius 2 is 2.04 bits per heavy atom. The number of primary amides is 1. The quantitative estimate of drug-likeness (QED) is 0.742. The highest BCUT2D eigenvalue weighted by molar-refractivity contribution is 5.93. The first kappa shape index (κ1) is 18.3. The Labute approximate surface area is 165 Å². The fourth-order valence-corrected chi connectivity index (χ4v) is 3.86. The highest BCUT2D eigenvalue weighted by Crippen LogP contribution is 2.28. The number of hydrogen-bond donors (Lipinski definition) is 1. The van der Waals surface area contributed by atoms with Crippen molar-refractivity contribution >= 4 is 5.91 Å². The van der Waals surface area contributed by atoms with E-state index >= 15 is 0 Å². The predicted octanol–water partition coefficient (Wildman–Crippen LogP) is 3.62. The lowest BCUT2D eigenvalue weighted by Gasteiger charge is -2.32. The molecule has 28 heavy (non-hydrogen) atoms. The number of nitrogens with zero attached hydrogens (tertiary/aromatic N) is 3. The average molecular weight is 372 g/mol. The Balaban J connectivity index is 1.52. The topological polar surface area (TPSA) is 72.1 Å². The van der Waals surface area contributed by atoms with Crippen molar-refractivity contribution in [2.45, 2.75) is 25.3 Å². The van der Waals surface area contributed by atoms with Crippen molar-refractivity contribution in [2.24, 2.45) is 5.73 Å². The van der Waals surface area contributed by atoms with E-state index in [9.17, 15) is 4.79 Å². The van der Waals surface area contributed by atoms with Crippen molar-refractivity contribution in [3.63, 3.8) is 0 Å². The molecular formula is C23H24N4O. The highest BCUT2D eigenvalue weighted by Gasteiger charge is 2.22. The summed E-state index contributed by atoms with van der Waals surface area (Å²) in [6.07, 6.45) is 6.05. The van der Waals surface area contributed by atoms with Crippen LogP contribution in [0.2, 0.25) is 0 Å². The van der Waals surface area contributed by atoms with Gasteiger partial charge in [-0.05, 0) is 55.3 Å². The standard InChI is InChI=1S/C23H24N4O/c24-23(28)19-7-1-6-18(13-19)21-9-2-10-22(26-21)20-8-4-12-27(16-20)15-17-5-3-11-25-14-17/h1-3,5-7,9-11,13-14,20H,4,8,12,15-16H2,(H2,24,28)/t20-/m0/s1. The maximum atomic E-state index is 11.5. The summed E-state index contributed by atoms with van der Waals surface area (Å²) in [5.74, 6) is -0.0129. The number of piperidine rings is 1. The molecule has 1 amide bonds. The molecule has 0 bridgehead atoms. The number of nitrogens with two attached hydrogens (primary N) is 1. The normalized spacial score (nSPS) is 17.4. The van der Waals surface area contributed by atoms with Gasteiger partial charge in [0.1, 0.15) is 0 Å². The van der Waals surface area contributed by atoms with Crippen LogP contribution in [0.15, 0.2) is 67.0 Å². The SMILES string of the molecule is NC(=O)c1cccc(-c2cccc([C@H]3CCCN(Cc4cccnc4)C3)n2)c1. The molecule has 2 aromatic heterocycles. The van der Waals surface area contributed by atoms with Gasteiger partial charge >= 0.3 is 0 Å². The zero-order valence-electron chi connectivity index (χ0n) is 15.8. The van der Waals surface area contributed by atoms with Gasteiger partial charge in [0.15, 0.2) is 0 Å². The molecule has 0 unspecified atom stereocenters. The third-order valence-electron chi connectivity index (χ3n) is 5.27. The summed E-state index contributed by atoms with van der Waals surface area (Å²) in [5, 5.41) is 0. The van der Waals surface area contributed by atoms with E-state index < -0.39 is 5.91 Å². The summed E-state index contributed by atoms with van der Waals surface area (Å²) >= 11 is 0. The molecule has 5 nitrogen and oxygen atoms in total. The summed E-state index contributed by atoms with van der Waals surface area (Å²) in [6.45, 7) is 3.02. The number of benzene rings is 1. The molecule has 1 fully saturated rings. The number of hydrogen-bond acceptors (Lipinski definition) is 4. The molecule has 3 heterocycles. The van der Waals surface area contributed by atoms with Crippen molar-refractivity contribution in [3.8, 4) is 11.3 Å². The smallest absolute Gasteiger partial charge is 0.248 e. The third-order valence-corrected chi connectivity index (χ3v) is 5.27. The summed E-state index contributed by atoms with van der Waals surface area (Å²) < 4.78 is 0. The Bertz CT molecular complexity index is 958. The molecular weight excluding hydrogens is 348 g/mol. The second-order valence-electron chi connectivity index (χ2n) is 7.33. The van der Waals surface area contributed by atoms with Crippen molar-refractivity contribution in [1.82, 2.24) is 14.9 Å². The molecule has 142 valence electrons. The third kappa shape index (κ3) is 4.26. The van der Waals surface area contributed by atoms with Crippen LogP contribution < -0.4 is 5.73 Å². The summed E-state index contributed by atoms with van der Waals surface area (Å²) in [5.41, 5.74) is 10.1. The van der Waals surface area contributed by atoms with E-state index in [1.54, 1.807) is 6.07 Å². The van der Waals surface area contributed by atoms with Crippen LogP contribution in [0.3, 0.4) is 0 Å². The molecule has 0 radical (unpaired) electrons. The van der Waals surface area contributed by atoms with Gasteiger partial charge in [-0.1, -0.05) is 24.3 Å². The largest absolute Gasteiger partial charge is 0.366 e. The lowest BCUT2D eigenvalue weighted by molar-refractivity contribution is 0.100. The molecule has 1 saturated heterocycles. The van der Waals surface area contributed by atoms with Gasteiger partial charge < -0.3 is 5.73 Å². The zero-order chi connectivity index (χ0) is 19.3. The molecule has 5 heteroatoms. The van der Waals surface area contributed by atoms with Gasteiger partial charge in [0.05, 0.1) is 5.69 Å². The number of amides is 1. The fraction of sp³-hybridized carbons (Fsp3) is 0.261. The van der Waals surface area contributed by atoms with Gasteiger partial charge in [-0.2, -0.15) is 0 Å². The van der Waals surface area contributed by atoms with E-state index in [1.165, 1.54) is 5.56 Å². The van der Waals surface area contributed by atoms with Crippen molar-refractivity contribution < 1.29 is 4.79 Å². The van der Waals surface area contributed by atoms with E-state index in [2.05, 4.69) is 28.1 Å². The first-order valence-corrected chi connectivity index (χ1v) is 9.67. The van der Waals surface area contributed by atoms with Gasteiger partial charge in [-0.25, -0.2) is 0 Å². The van der Waals surface area contributed by atoms with Gasteiger partial charge in [-0.3, -0.25) is 19.7 Å². The molecule has 1 aliphatic rings. The van der Waals surface area contributed by atoms with Crippen LogP contribution in [0, 0.1) is 0 Å². The first-order chi connectivity index (χ1) is 13.7. The van der Waals surface area contributed by atoms with Crippen LogP contribution in [-0.4, -0.2) is 33.9 Å². The Morgan fingerprint density at radius 1 is 1.14 bits per heavy atom. The van der Waals surface area contributed by atoms with Crippen LogP contribution >= 0.6 is 0 Å². The molecule has 4 rings (SSSR count). The van der Waals surface area contributed by atoms with Crippen LogP contribution in [-0.2, 0) is 6.54 Å². The fourth-order valence-electron chi connectivity index (χ4n) is 3.86. The average Bonchev–Trinajstić information content (AvgIpc) is 2.75. The summed E-state index contributed by atoms with van der Waals surface area (Å²) in [6, 6.07) is 17.6. The van der Waals surface area contributed by atoms with E-state index in [0.717, 1.165) is 49.4 Å². The Kier molecular flexibility index (Phi) is 5.44. The van der Waals surface area contributed by atoms with E-state index in [1.807, 2.05) is 42.7 Å². The lowest BCUT2D eigenvalue weighted by atomic mass is 9.93. The molecule has 0 saturated carbocycles. The Morgan fingerprint density at radius 3 is 2.86 bits per heavy atom. The van der Waals surface area contributed by atoms with Crippen LogP contribution in [0.25, 0.3) is 11.3 Å². The molecule has 2 N–H and O–H groups in total. The van der Waals surface area contributed by atoms with Gasteiger partial charge in [0.2, 0.25) is 5.91 Å². The summed E-state index contributed by atoms with van der Waals surface area (Å²) in [4.78, 5) is 23.1.